The summed E-state index contributed by atoms with van der Waals surface area (Å²) in [6, 6.07) is -1.54. The number of hydrogen-bond acceptors (Lipinski definition) is 9. The number of ether oxygens (including phenoxy) is 2. The molecule has 3 atom stereocenters. The average Bonchev–Trinajstić information content (AvgIpc) is 3.22. The Bertz CT molecular complexity index is 1380. The number of rotatable bonds is 40. The first-order valence-corrected chi connectivity index (χ1v) is 23.8. The number of aliphatic carboxylic acids is 1. The van der Waals surface area contributed by atoms with E-state index in [-0.39, 0.29) is 12.8 Å². The minimum absolute atomic E-state index is 0.0704. The highest BCUT2D eigenvalue weighted by molar-refractivity contribution is 7.47. The van der Waals surface area contributed by atoms with Crippen LogP contribution >= 0.6 is 7.82 Å². The van der Waals surface area contributed by atoms with Gasteiger partial charge >= 0.3 is 25.7 Å². The Kier molecular flexibility index (Phi) is 39.6. The summed E-state index contributed by atoms with van der Waals surface area (Å²) in [5.74, 6) is -2.52. The van der Waals surface area contributed by atoms with E-state index in [1.54, 1.807) is 0 Å². The lowest BCUT2D eigenvalue weighted by Crippen LogP contribution is -2.34. The van der Waals surface area contributed by atoms with Crippen molar-refractivity contribution in [1.29, 1.82) is 0 Å². The molecule has 11 nitrogen and oxygen atoms in total. The van der Waals surface area contributed by atoms with E-state index >= 15 is 0 Å². The Morgan fingerprint density at radius 3 is 1.45 bits per heavy atom. The fraction of sp³-hybridized carbons (Fsp3) is 0.604. The van der Waals surface area contributed by atoms with Crippen LogP contribution in [0.25, 0.3) is 0 Å². The first kappa shape index (κ1) is 56.4. The van der Waals surface area contributed by atoms with Crippen LogP contribution in [0.2, 0.25) is 0 Å². The largest absolute Gasteiger partial charge is 0.480 e. The predicted octanol–water partition coefficient (Wildman–Crippen LogP) is 12.1. The van der Waals surface area contributed by atoms with E-state index in [4.69, 9.17) is 24.8 Å². The highest BCUT2D eigenvalue weighted by Gasteiger charge is 2.28. The molecule has 0 rings (SSSR count). The van der Waals surface area contributed by atoms with Gasteiger partial charge in [-0.2, -0.15) is 0 Å². The van der Waals surface area contributed by atoms with Crippen LogP contribution in [-0.2, 0) is 37.5 Å². The van der Waals surface area contributed by atoms with Gasteiger partial charge in [-0.25, -0.2) is 4.57 Å². The Hall–Kier alpha value is -3.60. The van der Waals surface area contributed by atoms with Crippen LogP contribution in [0.15, 0.2) is 97.2 Å². The molecule has 0 bridgehead atoms. The molecule has 0 aliphatic rings. The summed E-state index contributed by atoms with van der Waals surface area (Å²) in [7, 11) is -4.75. The number of unbranched alkanes of at least 4 members (excludes halogenated alkanes) is 10. The summed E-state index contributed by atoms with van der Waals surface area (Å²) in [5, 5.41) is 8.89. The lowest BCUT2D eigenvalue weighted by Gasteiger charge is -2.20. The second kappa shape index (κ2) is 42.1. The van der Waals surface area contributed by atoms with Gasteiger partial charge in [0.1, 0.15) is 12.6 Å². The first-order valence-electron chi connectivity index (χ1n) is 22.3. The molecule has 0 radical (unpaired) electrons. The van der Waals surface area contributed by atoms with Crippen molar-refractivity contribution < 1.29 is 47.5 Å². The molecule has 340 valence electrons. The summed E-state index contributed by atoms with van der Waals surface area (Å²) < 4.78 is 32.6. The molecule has 0 aliphatic heterocycles. The summed E-state index contributed by atoms with van der Waals surface area (Å²) in [4.78, 5) is 45.9. The summed E-state index contributed by atoms with van der Waals surface area (Å²) >= 11 is 0. The van der Waals surface area contributed by atoms with E-state index in [9.17, 15) is 23.8 Å². The maximum Gasteiger partial charge on any atom is 0.472 e. The van der Waals surface area contributed by atoms with Gasteiger partial charge in [0.05, 0.1) is 13.2 Å². The number of carbonyl (C=O) groups excluding carboxylic acids is 2. The standard InChI is InChI=1S/C48H78NO10P/c1-3-5-7-9-11-13-15-17-19-20-21-22-23-24-26-28-30-32-34-36-38-40-47(51)59-44(42-57-60(54,55)58-43-45(49)48(52)53)41-56-46(50)39-37-35-33-31-29-27-25-18-16-14-12-10-8-6-4-2/h6,8,12,14,18-20,22-23,25-26,28-29,31-32,34,44-45H,3-5,7,9-11,13,15-17,21,24,27,30,33,35-43,49H2,1-2H3,(H,52,53)(H,54,55)/b8-6+,14-12+,20-19+,23-22+,25-18+,28-26+,31-29+,34-32+/t44-,45-/m0/s1. The third-order valence-corrected chi connectivity index (χ3v) is 9.77. The van der Waals surface area contributed by atoms with E-state index in [0.29, 0.717) is 19.3 Å². The number of nitrogens with two attached hydrogens (primary N) is 1. The molecule has 12 heteroatoms. The van der Waals surface area contributed by atoms with E-state index < -0.39 is 57.7 Å². The van der Waals surface area contributed by atoms with Crippen molar-refractivity contribution >= 4 is 25.7 Å². The smallest absolute Gasteiger partial charge is 0.472 e. The number of allylic oxidation sites excluding steroid dienone is 16. The number of carboxylic acid groups (broad SMARTS) is 1. The van der Waals surface area contributed by atoms with Gasteiger partial charge < -0.3 is 25.2 Å². The minimum Gasteiger partial charge on any atom is -0.480 e. The second-order valence-corrected chi connectivity index (χ2v) is 15.9. The molecule has 60 heavy (non-hydrogen) atoms. The molecular weight excluding hydrogens is 781 g/mol. The molecule has 0 saturated carbocycles. The van der Waals surface area contributed by atoms with Crippen molar-refractivity contribution in [1.82, 2.24) is 0 Å². The average molecular weight is 860 g/mol. The summed E-state index contributed by atoms with van der Waals surface area (Å²) in [5.41, 5.74) is 5.33. The molecule has 0 aliphatic carbocycles. The quantitative estimate of drug-likeness (QED) is 0.0232. The lowest BCUT2D eigenvalue weighted by molar-refractivity contribution is -0.161. The van der Waals surface area contributed by atoms with Gasteiger partial charge in [-0.15, -0.1) is 0 Å². The van der Waals surface area contributed by atoms with Gasteiger partial charge in [-0.1, -0.05) is 150 Å². The number of esters is 2. The normalized spacial score (nSPS) is 14.6. The summed E-state index contributed by atoms with van der Waals surface area (Å²) in [6.45, 7) is 2.57. The predicted molar refractivity (Wildman–Crippen MR) is 244 cm³/mol. The van der Waals surface area contributed by atoms with E-state index in [1.807, 2.05) is 12.2 Å². The van der Waals surface area contributed by atoms with E-state index in [2.05, 4.69) is 103 Å². The second-order valence-electron chi connectivity index (χ2n) is 14.4. The van der Waals surface area contributed by atoms with Gasteiger partial charge in [0, 0.05) is 12.8 Å². The first-order chi connectivity index (χ1) is 29.1. The molecule has 1 unspecified atom stereocenters. The van der Waals surface area contributed by atoms with Crippen LogP contribution in [-0.4, -0.2) is 59.9 Å². The Labute approximate surface area is 362 Å². The van der Waals surface area contributed by atoms with Crippen LogP contribution in [0.4, 0.5) is 0 Å². The zero-order chi connectivity index (χ0) is 44.2. The zero-order valence-corrected chi connectivity index (χ0v) is 37.6. The van der Waals surface area contributed by atoms with Crippen LogP contribution in [0.3, 0.4) is 0 Å². The molecule has 0 heterocycles. The number of phosphoric acid groups is 1. The van der Waals surface area contributed by atoms with Crippen molar-refractivity contribution in [3.63, 3.8) is 0 Å². The summed E-state index contributed by atoms with van der Waals surface area (Å²) in [6.07, 6.45) is 53.5. The fourth-order valence-electron chi connectivity index (χ4n) is 5.34. The van der Waals surface area contributed by atoms with Gasteiger partial charge in [0.15, 0.2) is 6.10 Å². The van der Waals surface area contributed by atoms with Gasteiger partial charge in [-0.3, -0.25) is 23.4 Å². The number of hydrogen-bond donors (Lipinski definition) is 3. The third-order valence-electron chi connectivity index (χ3n) is 8.82. The highest BCUT2D eigenvalue weighted by atomic mass is 31.2. The molecular formula is C48H78NO10P. The molecule has 0 fully saturated rings. The van der Waals surface area contributed by atoms with Crippen molar-refractivity contribution in [2.45, 2.75) is 167 Å². The molecule has 0 aromatic rings. The van der Waals surface area contributed by atoms with Crippen molar-refractivity contribution in [2.75, 3.05) is 19.8 Å². The SMILES string of the molecule is CC/C=C/C/C=C/C/C=C/C/C=C/CCCCC(=O)OC[C@@H](COP(=O)(O)OC[C@H](N)C(=O)O)OC(=O)CCC/C=C/C/C=C/C/C=C/C/C=C/CCCCCCCCC. The van der Waals surface area contributed by atoms with E-state index in [0.717, 1.165) is 64.2 Å². The van der Waals surface area contributed by atoms with Crippen molar-refractivity contribution in [2.24, 2.45) is 5.73 Å². The topological polar surface area (TPSA) is 172 Å². The van der Waals surface area contributed by atoms with Crippen LogP contribution in [0, 0.1) is 0 Å². The van der Waals surface area contributed by atoms with Crippen LogP contribution in [0.5, 0.6) is 0 Å². The Morgan fingerprint density at radius 2 is 0.950 bits per heavy atom. The van der Waals surface area contributed by atoms with E-state index in [1.165, 1.54) is 44.9 Å². The third kappa shape index (κ3) is 41.1. The number of phosphoric ester groups is 1. The maximum absolute atomic E-state index is 12.6. The molecule has 0 aromatic carbocycles. The van der Waals surface area contributed by atoms with Crippen molar-refractivity contribution in [3.05, 3.63) is 97.2 Å². The Balaban J connectivity index is 4.53. The number of carbonyl (C=O) groups is 3. The van der Waals surface area contributed by atoms with Crippen LogP contribution in [0.1, 0.15) is 155 Å². The monoisotopic (exact) mass is 860 g/mol. The van der Waals surface area contributed by atoms with Gasteiger partial charge in [0.2, 0.25) is 0 Å². The molecule has 0 amide bonds. The molecule has 0 aromatic heterocycles. The lowest BCUT2D eigenvalue weighted by atomic mass is 10.1. The Morgan fingerprint density at radius 1 is 0.533 bits per heavy atom. The maximum atomic E-state index is 12.6. The highest BCUT2D eigenvalue weighted by Crippen LogP contribution is 2.43. The molecule has 4 N–H and O–H groups in total. The van der Waals surface area contributed by atoms with Gasteiger partial charge in [0.25, 0.3) is 0 Å². The molecule has 0 spiro atoms. The fourth-order valence-corrected chi connectivity index (χ4v) is 6.12. The molecule has 0 saturated heterocycles. The minimum atomic E-state index is -4.75. The van der Waals surface area contributed by atoms with Gasteiger partial charge in [-0.05, 0) is 89.9 Å². The zero-order valence-electron chi connectivity index (χ0n) is 36.8. The van der Waals surface area contributed by atoms with Crippen molar-refractivity contribution in [3.8, 4) is 0 Å². The number of carboxylic acids is 1. The van der Waals surface area contributed by atoms with Crippen LogP contribution < -0.4 is 5.73 Å².